The molecule has 0 radical (unpaired) electrons. The van der Waals surface area contributed by atoms with E-state index in [0.717, 1.165) is 0 Å². The lowest BCUT2D eigenvalue weighted by atomic mass is 10.3. The quantitative estimate of drug-likeness (QED) is 0.749. The van der Waals surface area contributed by atoms with Crippen molar-refractivity contribution < 1.29 is 27.0 Å². The van der Waals surface area contributed by atoms with Gasteiger partial charge in [-0.2, -0.15) is 0 Å². The van der Waals surface area contributed by atoms with Crippen molar-refractivity contribution in [3.63, 3.8) is 0 Å². The molecule has 0 saturated carbocycles. The molecule has 0 atom stereocenters. The van der Waals surface area contributed by atoms with Crippen LogP contribution in [0.1, 0.15) is 0 Å². The fraction of sp³-hybridized carbons (Fsp3) is 0.250. The molecular weight excluding hydrogens is 373 g/mol. The van der Waals surface area contributed by atoms with Crippen LogP contribution in [0.25, 0.3) is 0 Å². The smallest absolute Gasteiger partial charge is 0.236 e. The molecule has 0 spiro atoms. The van der Waals surface area contributed by atoms with Crippen molar-refractivity contribution in [2.24, 2.45) is 0 Å². The van der Waals surface area contributed by atoms with E-state index in [4.69, 9.17) is 25.8 Å². The summed E-state index contributed by atoms with van der Waals surface area (Å²) in [6, 6.07) is 8.61. The number of ether oxygens (including phenoxy) is 3. The number of halogens is 2. The number of sulfonamides is 1. The van der Waals surface area contributed by atoms with E-state index in [-0.39, 0.29) is 34.6 Å². The van der Waals surface area contributed by atoms with Gasteiger partial charge in [0.25, 0.3) is 0 Å². The number of benzene rings is 2. The summed E-state index contributed by atoms with van der Waals surface area (Å²) in [5.41, 5.74) is 0.166. The average Bonchev–Trinajstić information content (AvgIpc) is 2.56. The molecule has 2 aromatic rings. The largest absolute Gasteiger partial charge is 0.495 e. The molecule has 2 rings (SSSR count). The van der Waals surface area contributed by atoms with Crippen LogP contribution in [-0.2, 0) is 10.0 Å². The number of hydrogen-bond acceptors (Lipinski definition) is 5. The van der Waals surface area contributed by atoms with Gasteiger partial charge < -0.3 is 14.2 Å². The molecule has 9 heteroatoms. The van der Waals surface area contributed by atoms with E-state index in [2.05, 4.69) is 4.72 Å². The van der Waals surface area contributed by atoms with E-state index in [0.29, 0.717) is 5.75 Å². The van der Waals surface area contributed by atoms with Crippen LogP contribution in [0.15, 0.2) is 36.4 Å². The second kappa shape index (κ2) is 8.26. The van der Waals surface area contributed by atoms with Crippen LogP contribution in [0.5, 0.6) is 17.2 Å². The van der Waals surface area contributed by atoms with Crippen molar-refractivity contribution in [2.45, 2.75) is 0 Å². The Bertz CT molecular complexity index is 844. The number of anilines is 1. The Hall–Kier alpha value is -2.19. The maximum absolute atomic E-state index is 13.4. The van der Waals surface area contributed by atoms with Gasteiger partial charge in [0.05, 0.1) is 24.9 Å². The van der Waals surface area contributed by atoms with Crippen LogP contribution in [-0.4, -0.2) is 35.0 Å². The third kappa shape index (κ3) is 5.14. The van der Waals surface area contributed by atoms with Gasteiger partial charge in [-0.05, 0) is 18.2 Å². The Morgan fingerprint density at radius 1 is 1.08 bits per heavy atom. The predicted octanol–water partition coefficient (Wildman–Crippen LogP) is 3.32. The Morgan fingerprint density at radius 2 is 1.76 bits per heavy atom. The zero-order chi connectivity index (χ0) is 18.4. The molecule has 0 aliphatic rings. The normalized spacial score (nSPS) is 11.0. The first-order valence-electron chi connectivity index (χ1n) is 7.15. The fourth-order valence-corrected chi connectivity index (χ4v) is 3.12. The fourth-order valence-electron chi connectivity index (χ4n) is 1.98. The van der Waals surface area contributed by atoms with Gasteiger partial charge in [-0.1, -0.05) is 23.7 Å². The topological polar surface area (TPSA) is 73.9 Å². The maximum Gasteiger partial charge on any atom is 0.236 e. The van der Waals surface area contributed by atoms with Crippen molar-refractivity contribution in [3.05, 3.63) is 47.2 Å². The molecule has 0 bridgehead atoms. The van der Waals surface area contributed by atoms with Gasteiger partial charge in [0.15, 0.2) is 11.6 Å². The molecule has 0 aliphatic heterocycles. The van der Waals surface area contributed by atoms with Crippen molar-refractivity contribution in [1.82, 2.24) is 0 Å². The summed E-state index contributed by atoms with van der Waals surface area (Å²) >= 11 is 6.01. The zero-order valence-electron chi connectivity index (χ0n) is 13.6. The van der Waals surface area contributed by atoms with Crippen LogP contribution in [0, 0.1) is 5.82 Å². The summed E-state index contributed by atoms with van der Waals surface area (Å²) in [7, 11) is -0.938. The lowest BCUT2D eigenvalue weighted by Gasteiger charge is -2.14. The Morgan fingerprint density at radius 3 is 2.40 bits per heavy atom. The first kappa shape index (κ1) is 19.1. The summed E-state index contributed by atoms with van der Waals surface area (Å²) in [4.78, 5) is 0. The monoisotopic (exact) mass is 389 g/mol. The molecule has 0 saturated heterocycles. The van der Waals surface area contributed by atoms with Gasteiger partial charge >= 0.3 is 0 Å². The van der Waals surface area contributed by atoms with Gasteiger partial charge in [-0.25, -0.2) is 12.8 Å². The Kier molecular flexibility index (Phi) is 6.33. The summed E-state index contributed by atoms with van der Waals surface area (Å²) in [5, 5.41) is 0.226. The maximum atomic E-state index is 13.4. The zero-order valence-corrected chi connectivity index (χ0v) is 15.2. The number of methoxy groups -OCH3 is 2. The molecule has 1 N–H and O–H groups in total. The van der Waals surface area contributed by atoms with E-state index in [1.54, 1.807) is 6.07 Å². The molecule has 0 heterocycles. The van der Waals surface area contributed by atoms with E-state index in [1.165, 1.54) is 44.6 Å². The van der Waals surface area contributed by atoms with Gasteiger partial charge in [0.1, 0.15) is 23.9 Å². The summed E-state index contributed by atoms with van der Waals surface area (Å²) < 4.78 is 55.5. The van der Waals surface area contributed by atoms with Crippen LogP contribution in [0.3, 0.4) is 0 Å². The summed E-state index contributed by atoms with van der Waals surface area (Å²) in [6.07, 6.45) is 0. The van der Waals surface area contributed by atoms with Gasteiger partial charge in [-0.3, -0.25) is 4.72 Å². The average molecular weight is 390 g/mol. The minimum absolute atomic E-state index is 0.0113. The van der Waals surface area contributed by atoms with Crippen molar-refractivity contribution in [1.29, 1.82) is 0 Å². The van der Waals surface area contributed by atoms with E-state index in [9.17, 15) is 12.8 Å². The Balaban J connectivity index is 2.06. The highest BCUT2D eigenvalue weighted by Crippen LogP contribution is 2.36. The summed E-state index contributed by atoms with van der Waals surface area (Å²) in [6.45, 7) is -0.220. The number of rotatable bonds is 8. The molecule has 0 fully saturated rings. The predicted molar refractivity (Wildman–Crippen MR) is 93.9 cm³/mol. The molecule has 0 unspecified atom stereocenters. The van der Waals surface area contributed by atoms with Crippen LogP contribution < -0.4 is 18.9 Å². The standard InChI is InChI=1S/C16H17ClFNO5S/c1-22-15-10-16(23-2)13(9-11(15)17)19-25(20,21)8-7-24-14-6-4-3-5-12(14)18/h3-6,9-10,19H,7-8H2,1-2H3. The van der Waals surface area contributed by atoms with E-state index < -0.39 is 15.8 Å². The third-order valence-electron chi connectivity index (χ3n) is 3.19. The van der Waals surface area contributed by atoms with E-state index >= 15 is 0 Å². The Labute approximate surface area is 150 Å². The molecule has 2 aromatic carbocycles. The molecule has 0 aromatic heterocycles. The molecule has 0 amide bonds. The second-order valence-electron chi connectivity index (χ2n) is 4.89. The summed E-state index contributed by atoms with van der Waals surface area (Å²) in [5.74, 6) is -0.350. The third-order valence-corrected chi connectivity index (χ3v) is 4.72. The lowest BCUT2D eigenvalue weighted by molar-refractivity contribution is 0.322. The number of para-hydroxylation sites is 1. The van der Waals surface area contributed by atoms with Gasteiger partial charge in [0, 0.05) is 6.07 Å². The van der Waals surface area contributed by atoms with Crippen LogP contribution >= 0.6 is 11.6 Å². The van der Waals surface area contributed by atoms with Crippen molar-refractivity contribution in [2.75, 3.05) is 31.3 Å². The molecule has 6 nitrogen and oxygen atoms in total. The highest BCUT2D eigenvalue weighted by molar-refractivity contribution is 7.92. The minimum Gasteiger partial charge on any atom is -0.495 e. The molecule has 25 heavy (non-hydrogen) atoms. The van der Waals surface area contributed by atoms with E-state index in [1.807, 2.05) is 0 Å². The van der Waals surface area contributed by atoms with Crippen LogP contribution in [0.2, 0.25) is 5.02 Å². The first-order chi connectivity index (χ1) is 11.9. The van der Waals surface area contributed by atoms with Gasteiger partial charge in [0.2, 0.25) is 10.0 Å². The lowest BCUT2D eigenvalue weighted by Crippen LogP contribution is -2.21. The SMILES string of the molecule is COc1cc(OC)c(NS(=O)(=O)CCOc2ccccc2F)cc1Cl. The van der Waals surface area contributed by atoms with Gasteiger partial charge in [-0.15, -0.1) is 0 Å². The molecule has 0 aliphatic carbocycles. The first-order valence-corrected chi connectivity index (χ1v) is 9.18. The molecule has 136 valence electrons. The van der Waals surface area contributed by atoms with Crippen LogP contribution in [0.4, 0.5) is 10.1 Å². The minimum atomic E-state index is -3.76. The highest BCUT2D eigenvalue weighted by atomic mass is 35.5. The second-order valence-corrected chi connectivity index (χ2v) is 7.14. The highest BCUT2D eigenvalue weighted by Gasteiger charge is 2.17. The number of nitrogens with one attached hydrogen (secondary N) is 1. The number of hydrogen-bond donors (Lipinski definition) is 1. The molecular formula is C16H17ClFNO5S. The van der Waals surface area contributed by atoms with Crippen molar-refractivity contribution in [3.8, 4) is 17.2 Å². The van der Waals surface area contributed by atoms with Crippen molar-refractivity contribution >= 4 is 27.3 Å².